The molecule has 2 atom stereocenters. The van der Waals surface area contributed by atoms with E-state index < -0.39 is 5.92 Å². The number of methoxy groups -OCH3 is 2. The first kappa shape index (κ1) is 22.8. The minimum absolute atomic E-state index is 0.106. The molecule has 1 amide bonds. The van der Waals surface area contributed by atoms with E-state index in [1.807, 2.05) is 31.2 Å². The van der Waals surface area contributed by atoms with Crippen LogP contribution in [0.5, 0.6) is 11.5 Å². The van der Waals surface area contributed by atoms with Crippen molar-refractivity contribution in [3.8, 4) is 11.5 Å². The lowest BCUT2D eigenvalue weighted by Gasteiger charge is -2.31. The Hall–Kier alpha value is -2.28. The zero-order valence-corrected chi connectivity index (χ0v) is 16.6. The standard InChI is InChI=1S/C20H31NO6/c1-5-16(14-22)21(13-15(2)20(24)26-4)19(23)7-6-12-27-18-10-8-17(25-3)9-11-18/h8-11,15-16,22H,5-7,12-14H2,1-4H3. The van der Waals surface area contributed by atoms with E-state index in [2.05, 4.69) is 0 Å². The Kier molecular flexibility index (Phi) is 10.3. The summed E-state index contributed by atoms with van der Waals surface area (Å²) in [6.07, 6.45) is 1.43. The SMILES string of the molecule is CCC(CO)N(CC(C)C(=O)OC)C(=O)CCCOc1ccc(OC)cc1. The zero-order valence-electron chi connectivity index (χ0n) is 16.6. The zero-order chi connectivity index (χ0) is 20.2. The van der Waals surface area contributed by atoms with Crippen molar-refractivity contribution in [1.82, 2.24) is 4.90 Å². The van der Waals surface area contributed by atoms with Gasteiger partial charge in [-0.3, -0.25) is 9.59 Å². The van der Waals surface area contributed by atoms with Gasteiger partial charge in [0, 0.05) is 13.0 Å². The molecule has 0 spiro atoms. The van der Waals surface area contributed by atoms with Crippen LogP contribution in [0.3, 0.4) is 0 Å². The molecule has 0 radical (unpaired) electrons. The van der Waals surface area contributed by atoms with Gasteiger partial charge in [-0.1, -0.05) is 13.8 Å². The molecule has 0 aliphatic heterocycles. The maximum Gasteiger partial charge on any atom is 0.310 e. The van der Waals surface area contributed by atoms with E-state index in [4.69, 9.17) is 14.2 Å². The van der Waals surface area contributed by atoms with Gasteiger partial charge >= 0.3 is 5.97 Å². The third-order valence-electron chi connectivity index (χ3n) is 4.38. The minimum atomic E-state index is -0.449. The number of aliphatic hydroxyl groups is 1. The first-order valence-corrected chi connectivity index (χ1v) is 9.21. The van der Waals surface area contributed by atoms with Crippen molar-refractivity contribution in [3.05, 3.63) is 24.3 Å². The predicted molar refractivity (Wildman–Crippen MR) is 102 cm³/mol. The molecule has 0 aliphatic carbocycles. The number of carbonyl (C=O) groups excluding carboxylic acids is 2. The van der Waals surface area contributed by atoms with Crippen molar-refractivity contribution in [2.24, 2.45) is 5.92 Å². The van der Waals surface area contributed by atoms with Crippen LogP contribution < -0.4 is 9.47 Å². The summed E-state index contributed by atoms with van der Waals surface area (Å²) in [4.78, 5) is 25.9. The predicted octanol–water partition coefficient (Wildman–Crippen LogP) is 2.26. The molecule has 0 fully saturated rings. The number of ether oxygens (including phenoxy) is 3. The molecule has 7 nitrogen and oxygen atoms in total. The van der Waals surface area contributed by atoms with Gasteiger partial charge in [-0.05, 0) is 37.1 Å². The fourth-order valence-electron chi connectivity index (χ4n) is 2.70. The Morgan fingerprint density at radius 1 is 1.15 bits per heavy atom. The van der Waals surface area contributed by atoms with Crippen LogP contribution in [-0.4, -0.2) is 61.9 Å². The number of carbonyl (C=O) groups is 2. The lowest BCUT2D eigenvalue weighted by molar-refractivity contribution is -0.147. The summed E-state index contributed by atoms with van der Waals surface area (Å²) in [5.74, 6) is 0.534. The summed E-state index contributed by atoms with van der Waals surface area (Å²) in [6, 6.07) is 6.92. The minimum Gasteiger partial charge on any atom is -0.497 e. The smallest absolute Gasteiger partial charge is 0.310 e. The molecule has 1 aromatic rings. The quantitative estimate of drug-likeness (QED) is 0.442. The van der Waals surface area contributed by atoms with Crippen molar-refractivity contribution in [3.63, 3.8) is 0 Å². The van der Waals surface area contributed by atoms with E-state index in [-0.39, 0.29) is 37.5 Å². The topological polar surface area (TPSA) is 85.3 Å². The maximum atomic E-state index is 12.6. The first-order valence-electron chi connectivity index (χ1n) is 9.21. The van der Waals surface area contributed by atoms with Gasteiger partial charge in [0.1, 0.15) is 11.5 Å². The lowest BCUT2D eigenvalue weighted by atomic mass is 10.1. The Bertz CT molecular complexity index is 570. The van der Waals surface area contributed by atoms with Gasteiger partial charge in [0.05, 0.1) is 39.4 Å². The fourth-order valence-corrected chi connectivity index (χ4v) is 2.70. The molecule has 1 rings (SSSR count). The second-order valence-corrected chi connectivity index (χ2v) is 6.34. The fraction of sp³-hybridized carbons (Fsp3) is 0.600. The summed E-state index contributed by atoms with van der Waals surface area (Å²) in [5.41, 5.74) is 0. The van der Waals surface area contributed by atoms with E-state index in [0.717, 1.165) is 5.75 Å². The number of benzene rings is 1. The van der Waals surface area contributed by atoms with E-state index in [9.17, 15) is 14.7 Å². The molecule has 0 aromatic heterocycles. The van der Waals surface area contributed by atoms with Crippen LogP contribution in [0.15, 0.2) is 24.3 Å². The van der Waals surface area contributed by atoms with Gasteiger partial charge in [-0.2, -0.15) is 0 Å². The molecule has 27 heavy (non-hydrogen) atoms. The summed E-state index contributed by atoms with van der Waals surface area (Å²) in [5, 5.41) is 9.57. The molecular weight excluding hydrogens is 350 g/mol. The highest BCUT2D eigenvalue weighted by Crippen LogP contribution is 2.17. The Morgan fingerprint density at radius 3 is 2.30 bits per heavy atom. The second kappa shape index (κ2) is 12.2. The average molecular weight is 381 g/mol. The molecule has 0 heterocycles. The normalized spacial score (nSPS) is 12.8. The number of nitrogens with zero attached hydrogens (tertiary/aromatic N) is 1. The van der Waals surface area contributed by atoms with Gasteiger partial charge < -0.3 is 24.2 Å². The van der Waals surface area contributed by atoms with Gasteiger partial charge in [-0.25, -0.2) is 0 Å². The molecule has 0 bridgehead atoms. The van der Waals surface area contributed by atoms with Crippen molar-refractivity contribution in [2.75, 3.05) is 34.0 Å². The van der Waals surface area contributed by atoms with Crippen LogP contribution in [-0.2, 0) is 14.3 Å². The van der Waals surface area contributed by atoms with E-state index >= 15 is 0 Å². The van der Waals surface area contributed by atoms with Crippen LogP contribution >= 0.6 is 0 Å². The lowest BCUT2D eigenvalue weighted by Crippen LogP contribution is -2.45. The summed E-state index contributed by atoms with van der Waals surface area (Å²) in [7, 11) is 2.93. The van der Waals surface area contributed by atoms with Crippen LogP contribution in [0.4, 0.5) is 0 Å². The second-order valence-electron chi connectivity index (χ2n) is 6.34. The molecule has 0 saturated carbocycles. The Balaban J connectivity index is 2.55. The van der Waals surface area contributed by atoms with Crippen LogP contribution in [0.1, 0.15) is 33.1 Å². The van der Waals surface area contributed by atoms with Crippen LogP contribution in [0.2, 0.25) is 0 Å². The van der Waals surface area contributed by atoms with Gasteiger partial charge in [0.25, 0.3) is 0 Å². The molecule has 1 N–H and O–H groups in total. The van der Waals surface area contributed by atoms with E-state index in [1.165, 1.54) is 7.11 Å². The van der Waals surface area contributed by atoms with Gasteiger partial charge in [-0.15, -0.1) is 0 Å². The Morgan fingerprint density at radius 2 is 1.78 bits per heavy atom. The maximum absolute atomic E-state index is 12.6. The molecular formula is C20H31NO6. The number of rotatable bonds is 12. The van der Waals surface area contributed by atoms with Crippen molar-refractivity contribution in [1.29, 1.82) is 0 Å². The molecule has 7 heteroatoms. The summed E-state index contributed by atoms with van der Waals surface area (Å²) >= 11 is 0. The van der Waals surface area contributed by atoms with Gasteiger partial charge in [0.15, 0.2) is 0 Å². The van der Waals surface area contributed by atoms with Gasteiger partial charge in [0.2, 0.25) is 5.91 Å². The highest BCUT2D eigenvalue weighted by molar-refractivity contribution is 5.78. The highest BCUT2D eigenvalue weighted by atomic mass is 16.5. The van der Waals surface area contributed by atoms with Crippen molar-refractivity contribution in [2.45, 2.75) is 39.2 Å². The number of hydrogen-bond acceptors (Lipinski definition) is 6. The highest BCUT2D eigenvalue weighted by Gasteiger charge is 2.26. The van der Waals surface area contributed by atoms with E-state index in [1.54, 1.807) is 18.9 Å². The first-order chi connectivity index (χ1) is 13.0. The van der Waals surface area contributed by atoms with E-state index in [0.29, 0.717) is 25.2 Å². The summed E-state index contributed by atoms with van der Waals surface area (Å²) < 4.78 is 15.5. The number of amides is 1. The van der Waals surface area contributed by atoms with Crippen LogP contribution in [0, 0.1) is 5.92 Å². The third-order valence-corrected chi connectivity index (χ3v) is 4.38. The molecule has 152 valence electrons. The third kappa shape index (κ3) is 7.46. The average Bonchev–Trinajstić information content (AvgIpc) is 2.70. The summed E-state index contributed by atoms with van der Waals surface area (Å²) in [6.45, 7) is 4.09. The van der Waals surface area contributed by atoms with Crippen molar-refractivity contribution >= 4 is 11.9 Å². The molecule has 0 aliphatic rings. The molecule has 1 aromatic carbocycles. The monoisotopic (exact) mass is 381 g/mol. The van der Waals surface area contributed by atoms with Crippen molar-refractivity contribution < 1.29 is 28.9 Å². The number of esters is 1. The Labute approximate surface area is 161 Å². The molecule has 2 unspecified atom stereocenters. The number of hydrogen-bond donors (Lipinski definition) is 1. The number of aliphatic hydroxyl groups excluding tert-OH is 1. The van der Waals surface area contributed by atoms with Crippen LogP contribution in [0.25, 0.3) is 0 Å². The largest absolute Gasteiger partial charge is 0.497 e. The molecule has 0 saturated heterocycles.